The van der Waals surface area contributed by atoms with Gasteiger partial charge >= 0.3 is 0 Å². The fourth-order valence-electron chi connectivity index (χ4n) is 4.26. The lowest BCUT2D eigenvalue weighted by atomic mass is 9.82. The predicted octanol–water partition coefficient (Wildman–Crippen LogP) is 3.70. The van der Waals surface area contributed by atoms with Crippen LogP contribution in [0, 0.1) is 5.92 Å². The molecule has 1 unspecified atom stereocenters. The lowest BCUT2D eigenvalue weighted by Gasteiger charge is -2.30. The highest BCUT2D eigenvalue weighted by molar-refractivity contribution is 5.50. The van der Waals surface area contributed by atoms with Crippen LogP contribution < -0.4 is 5.32 Å². The minimum Gasteiger partial charge on any atom is -0.369 e. The zero-order chi connectivity index (χ0) is 17.1. The molecule has 2 aliphatic rings. The standard InChI is InChI=1S/C21H28N4/c1-25-12-10-16(11-13-25)14-22-21-19-9-5-8-18(20(19)23-15-24-21)17-6-3-2-4-7-17/h2-4,6-7,15-16,18H,5,8-14H2,1H3,(H,22,23,24). The van der Waals surface area contributed by atoms with Gasteiger partial charge in [-0.1, -0.05) is 30.3 Å². The molecule has 0 bridgehead atoms. The van der Waals surface area contributed by atoms with Crippen molar-refractivity contribution in [3.05, 3.63) is 53.5 Å². The van der Waals surface area contributed by atoms with E-state index in [2.05, 4.69) is 57.6 Å². The number of nitrogens with one attached hydrogen (secondary N) is 1. The molecule has 25 heavy (non-hydrogen) atoms. The molecule has 0 saturated carbocycles. The first-order valence-corrected chi connectivity index (χ1v) is 9.62. The van der Waals surface area contributed by atoms with Gasteiger partial charge in [-0.3, -0.25) is 0 Å². The summed E-state index contributed by atoms with van der Waals surface area (Å²) >= 11 is 0. The second kappa shape index (κ2) is 7.52. The van der Waals surface area contributed by atoms with Crippen LogP contribution in [0.5, 0.6) is 0 Å². The van der Waals surface area contributed by atoms with Crippen molar-refractivity contribution >= 4 is 5.82 Å². The van der Waals surface area contributed by atoms with Crippen molar-refractivity contribution in [3.8, 4) is 0 Å². The molecule has 1 saturated heterocycles. The minimum absolute atomic E-state index is 0.414. The Hall–Kier alpha value is -1.94. The molecule has 4 nitrogen and oxygen atoms in total. The third kappa shape index (κ3) is 3.69. The number of fused-ring (bicyclic) bond motifs is 1. The molecule has 1 atom stereocenters. The Morgan fingerprint density at radius 1 is 1.08 bits per heavy atom. The topological polar surface area (TPSA) is 41.0 Å². The van der Waals surface area contributed by atoms with Crippen molar-refractivity contribution in [1.29, 1.82) is 0 Å². The molecule has 0 radical (unpaired) electrons. The zero-order valence-corrected chi connectivity index (χ0v) is 15.1. The van der Waals surface area contributed by atoms with Gasteiger partial charge in [0.25, 0.3) is 0 Å². The summed E-state index contributed by atoms with van der Waals surface area (Å²) in [6.07, 6.45) is 7.80. The molecule has 4 heteroatoms. The van der Waals surface area contributed by atoms with Gasteiger partial charge < -0.3 is 10.2 Å². The average molecular weight is 336 g/mol. The molecular weight excluding hydrogens is 308 g/mol. The molecule has 2 heterocycles. The van der Waals surface area contributed by atoms with Gasteiger partial charge in [0.05, 0.1) is 5.69 Å². The molecule has 4 rings (SSSR count). The lowest BCUT2D eigenvalue weighted by molar-refractivity contribution is 0.226. The Morgan fingerprint density at radius 3 is 2.68 bits per heavy atom. The Morgan fingerprint density at radius 2 is 1.88 bits per heavy atom. The number of benzene rings is 1. The number of piperidine rings is 1. The summed E-state index contributed by atoms with van der Waals surface area (Å²) in [4.78, 5) is 11.7. The summed E-state index contributed by atoms with van der Waals surface area (Å²) in [5.74, 6) is 2.25. The summed E-state index contributed by atoms with van der Waals surface area (Å²) in [7, 11) is 2.22. The first kappa shape index (κ1) is 16.5. The van der Waals surface area contributed by atoms with Crippen molar-refractivity contribution in [3.63, 3.8) is 0 Å². The molecule has 1 aromatic carbocycles. The van der Waals surface area contributed by atoms with E-state index in [1.54, 1.807) is 6.33 Å². The Labute approximate surface area is 150 Å². The van der Waals surface area contributed by atoms with Gasteiger partial charge in [0.1, 0.15) is 12.1 Å². The van der Waals surface area contributed by atoms with Crippen LogP contribution in [0.3, 0.4) is 0 Å². The summed E-state index contributed by atoms with van der Waals surface area (Å²) in [5, 5.41) is 3.66. The molecule has 1 fully saturated rings. The molecular formula is C21H28N4. The van der Waals surface area contributed by atoms with E-state index in [0.717, 1.165) is 24.7 Å². The molecule has 0 amide bonds. The van der Waals surface area contributed by atoms with Gasteiger partial charge in [-0.15, -0.1) is 0 Å². The summed E-state index contributed by atoms with van der Waals surface area (Å²) < 4.78 is 0. The normalized spacial score (nSPS) is 21.7. The smallest absolute Gasteiger partial charge is 0.132 e. The Balaban J connectivity index is 1.51. The molecule has 0 spiro atoms. The van der Waals surface area contributed by atoms with E-state index in [9.17, 15) is 0 Å². The summed E-state index contributed by atoms with van der Waals surface area (Å²) in [6, 6.07) is 10.8. The van der Waals surface area contributed by atoms with E-state index >= 15 is 0 Å². The van der Waals surface area contributed by atoms with Crippen LogP contribution in [0.15, 0.2) is 36.7 Å². The predicted molar refractivity (Wildman–Crippen MR) is 102 cm³/mol. The van der Waals surface area contributed by atoms with Crippen LogP contribution in [0.4, 0.5) is 5.82 Å². The van der Waals surface area contributed by atoms with Crippen LogP contribution >= 0.6 is 0 Å². The van der Waals surface area contributed by atoms with Crippen molar-refractivity contribution in [2.75, 3.05) is 32.0 Å². The van der Waals surface area contributed by atoms with Crippen LogP contribution in [0.25, 0.3) is 0 Å². The summed E-state index contributed by atoms with van der Waals surface area (Å²) in [5.41, 5.74) is 3.96. The van der Waals surface area contributed by atoms with Crippen LogP contribution in [-0.2, 0) is 6.42 Å². The van der Waals surface area contributed by atoms with Gasteiger partial charge in [-0.05, 0) is 63.7 Å². The largest absolute Gasteiger partial charge is 0.369 e. The van der Waals surface area contributed by atoms with Gasteiger partial charge in [-0.25, -0.2) is 9.97 Å². The first-order chi connectivity index (χ1) is 12.3. The van der Waals surface area contributed by atoms with E-state index in [0.29, 0.717) is 5.92 Å². The van der Waals surface area contributed by atoms with Crippen molar-refractivity contribution < 1.29 is 0 Å². The van der Waals surface area contributed by atoms with Crippen LogP contribution in [0.1, 0.15) is 48.4 Å². The number of likely N-dealkylation sites (tertiary alicyclic amines) is 1. The molecule has 1 N–H and O–H groups in total. The Kier molecular flexibility index (Phi) is 4.97. The molecule has 1 aromatic heterocycles. The highest BCUT2D eigenvalue weighted by Gasteiger charge is 2.26. The number of hydrogen-bond acceptors (Lipinski definition) is 4. The Bertz CT molecular complexity index is 692. The SMILES string of the molecule is CN1CCC(CNc2ncnc3c2CCCC3c2ccccc2)CC1. The fraction of sp³-hybridized carbons (Fsp3) is 0.524. The van der Waals surface area contributed by atoms with E-state index in [1.165, 1.54) is 55.6 Å². The highest BCUT2D eigenvalue weighted by Crippen LogP contribution is 2.37. The van der Waals surface area contributed by atoms with Crippen molar-refractivity contribution in [2.24, 2.45) is 5.92 Å². The monoisotopic (exact) mass is 336 g/mol. The molecule has 1 aliphatic carbocycles. The van der Waals surface area contributed by atoms with Crippen molar-refractivity contribution in [1.82, 2.24) is 14.9 Å². The minimum atomic E-state index is 0.414. The number of rotatable bonds is 4. The van der Waals surface area contributed by atoms with Crippen molar-refractivity contribution in [2.45, 2.75) is 38.0 Å². The fourth-order valence-corrected chi connectivity index (χ4v) is 4.26. The van der Waals surface area contributed by atoms with Gasteiger partial charge in [-0.2, -0.15) is 0 Å². The average Bonchev–Trinajstić information content (AvgIpc) is 2.68. The van der Waals surface area contributed by atoms with E-state index in [-0.39, 0.29) is 0 Å². The van der Waals surface area contributed by atoms with E-state index in [1.807, 2.05) is 0 Å². The summed E-state index contributed by atoms with van der Waals surface area (Å²) in [6.45, 7) is 3.46. The third-order valence-corrected chi connectivity index (χ3v) is 5.83. The second-order valence-corrected chi connectivity index (χ2v) is 7.57. The molecule has 132 valence electrons. The molecule has 2 aromatic rings. The third-order valence-electron chi connectivity index (χ3n) is 5.83. The zero-order valence-electron chi connectivity index (χ0n) is 15.1. The van der Waals surface area contributed by atoms with Gasteiger partial charge in [0.15, 0.2) is 0 Å². The van der Waals surface area contributed by atoms with Gasteiger partial charge in [0, 0.05) is 18.0 Å². The maximum atomic E-state index is 4.68. The second-order valence-electron chi connectivity index (χ2n) is 7.57. The maximum Gasteiger partial charge on any atom is 0.132 e. The van der Waals surface area contributed by atoms with E-state index in [4.69, 9.17) is 0 Å². The van der Waals surface area contributed by atoms with Crippen LogP contribution in [-0.4, -0.2) is 41.5 Å². The lowest BCUT2D eigenvalue weighted by Crippen LogP contribution is -2.33. The van der Waals surface area contributed by atoms with Crippen LogP contribution in [0.2, 0.25) is 0 Å². The maximum absolute atomic E-state index is 4.68. The number of anilines is 1. The number of aromatic nitrogens is 2. The van der Waals surface area contributed by atoms with Gasteiger partial charge in [0.2, 0.25) is 0 Å². The highest BCUT2D eigenvalue weighted by atomic mass is 15.1. The first-order valence-electron chi connectivity index (χ1n) is 9.62. The van der Waals surface area contributed by atoms with E-state index < -0.39 is 0 Å². The molecule has 1 aliphatic heterocycles. The number of nitrogens with zero attached hydrogens (tertiary/aromatic N) is 3. The number of hydrogen-bond donors (Lipinski definition) is 1. The quantitative estimate of drug-likeness (QED) is 0.924.